The number of rotatable bonds is 3. The average molecular weight is 474 g/mol. The minimum absolute atomic E-state index is 0.951. The maximum atomic E-state index is 5.05. The molecule has 5 aromatic carbocycles. The van der Waals surface area contributed by atoms with E-state index in [0.717, 1.165) is 34.5 Å². The van der Waals surface area contributed by atoms with Crippen LogP contribution in [0.1, 0.15) is 11.1 Å². The summed E-state index contributed by atoms with van der Waals surface area (Å²) in [6.45, 7) is 0. The highest BCUT2D eigenvalue weighted by atomic mass is 15.1. The van der Waals surface area contributed by atoms with E-state index < -0.39 is 0 Å². The van der Waals surface area contributed by atoms with Crippen molar-refractivity contribution in [3.05, 3.63) is 139 Å². The molecule has 0 saturated heterocycles. The SMILES string of the molecule is c1ccc(-n2c(-c3ccc(-n4c5c(c6ccccc64)Cc4ccccc4-5)cc3)nc3ccccc32)cc1. The number of aromatic nitrogens is 3. The summed E-state index contributed by atoms with van der Waals surface area (Å²) in [5.74, 6) is 0.951. The molecule has 2 heterocycles. The van der Waals surface area contributed by atoms with Crippen LogP contribution in [0.25, 0.3) is 56.0 Å². The highest BCUT2D eigenvalue weighted by Crippen LogP contribution is 2.44. The van der Waals surface area contributed by atoms with Crippen molar-refractivity contribution >= 4 is 21.9 Å². The van der Waals surface area contributed by atoms with Crippen molar-refractivity contribution in [2.45, 2.75) is 6.42 Å². The van der Waals surface area contributed by atoms with Gasteiger partial charge < -0.3 is 4.57 Å². The monoisotopic (exact) mass is 473 g/mol. The largest absolute Gasteiger partial charge is 0.309 e. The summed E-state index contributed by atoms with van der Waals surface area (Å²) in [6.07, 6.45) is 0.984. The lowest BCUT2D eigenvalue weighted by atomic mass is 10.1. The van der Waals surface area contributed by atoms with Gasteiger partial charge in [-0.25, -0.2) is 4.98 Å². The van der Waals surface area contributed by atoms with Crippen molar-refractivity contribution in [1.29, 1.82) is 0 Å². The van der Waals surface area contributed by atoms with Crippen LogP contribution in [0.4, 0.5) is 0 Å². The molecule has 8 rings (SSSR count). The molecule has 0 N–H and O–H groups in total. The Bertz CT molecular complexity index is 1940. The van der Waals surface area contributed by atoms with Crippen molar-refractivity contribution in [3.63, 3.8) is 0 Å². The van der Waals surface area contributed by atoms with Gasteiger partial charge in [0.05, 0.1) is 22.2 Å². The van der Waals surface area contributed by atoms with E-state index in [1.54, 1.807) is 0 Å². The number of para-hydroxylation sites is 4. The quantitative estimate of drug-likeness (QED) is 0.253. The fraction of sp³-hybridized carbons (Fsp3) is 0.0294. The van der Waals surface area contributed by atoms with Crippen molar-refractivity contribution in [1.82, 2.24) is 14.1 Å². The lowest BCUT2D eigenvalue weighted by Gasteiger charge is -2.13. The Morgan fingerprint density at radius 1 is 0.541 bits per heavy atom. The van der Waals surface area contributed by atoms with Crippen LogP contribution in [0.2, 0.25) is 0 Å². The van der Waals surface area contributed by atoms with E-state index in [1.165, 1.54) is 39.0 Å². The fourth-order valence-corrected chi connectivity index (χ4v) is 5.95. The van der Waals surface area contributed by atoms with Gasteiger partial charge in [0.15, 0.2) is 0 Å². The van der Waals surface area contributed by atoms with E-state index in [2.05, 4.69) is 130 Å². The second-order valence-electron chi connectivity index (χ2n) is 9.66. The molecule has 0 fully saturated rings. The van der Waals surface area contributed by atoms with Gasteiger partial charge in [0, 0.05) is 34.3 Å². The Balaban J connectivity index is 1.32. The molecule has 7 aromatic rings. The van der Waals surface area contributed by atoms with Crippen LogP contribution in [0.15, 0.2) is 127 Å². The van der Waals surface area contributed by atoms with Crippen molar-refractivity contribution in [3.8, 4) is 34.0 Å². The van der Waals surface area contributed by atoms with Gasteiger partial charge in [0.2, 0.25) is 0 Å². The van der Waals surface area contributed by atoms with Gasteiger partial charge in [-0.2, -0.15) is 0 Å². The van der Waals surface area contributed by atoms with E-state index in [9.17, 15) is 0 Å². The van der Waals surface area contributed by atoms with Crippen LogP contribution in [-0.4, -0.2) is 14.1 Å². The van der Waals surface area contributed by atoms with Crippen LogP contribution in [0.3, 0.4) is 0 Å². The summed E-state index contributed by atoms with van der Waals surface area (Å²) in [6, 6.07) is 45.3. The van der Waals surface area contributed by atoms with Gasteiger partial charge in [0.25, 0.3) is 0 Å². The Hall–Kier alpha value is -4.89. The highest BCUT2D eigenvalue weighted by molar-refractivity contribution is 5.97. The molecular weight excluding hydrogens is 450 g/mol. The summed E-state index contributed by atoms with van der Waals surface area (Å²) in [7, 11) is 0. The van der Waals surface area contributed by atoms with Gasteiger partial charge in [0.1, 0.15) is 5.82 Å². The lowest BCUT2D eigenvalue weighted by Crippen LogP contribution is -1.99. The van der Waals surface area contributed by atoms with Gasteiger partial charge in [-0.3, -0.25) is 4.57 Å². The zero-order valence-corrected chi connectivity index (χ0v) is 20.2. The standard InChI is InChI=1S/C34H23N3/c1-2-11-25(12-3-1)37-32-17-9-7-15-30(32)35-34(37)23-18-20-26(21-19-23)36-31-16-8-6-14-28(31)29-22-24-10-4-5-13-27(24)33(29)36/h1-21H,22H2. The topological polar surface area (TPSA) is 22.8 Å². The summed E-state index contributed by atoms with van der Waals surface area (Å²) in [5, 5.41) is 1.34. The van der Waals surface area contributed by atoms with E-state index in [1.807, 2.05) is 6.07 Å². The summed E-state index contributed by atoms with van der Waals surface area (Å²) in [4.78, 5) is 5.05. The van der Waals surface area contributed by atoms with Gasteiger partial charge in [-0.1, -0.05) is 72.8 Å². The molecule has 0 unspecified atom stereocenters. The summed E-state index contributed by atoms with van der Waals surface area (Å²) >= 11 is 0. The smallest absolute Gasteiger partial charge is 0.145 e. The number of imidazole rings is 1. The second-order valence-corrected chi connectivity index (χ2v) is 9.66. The van der Waals surface area contributed by atoms with Crippen molar-refractivity contribution < 1.29 is 0 Å². The van der Waals surface area contributed by atoms with Crippen LogP contribution in [-0.2, 0) is 6.42 Å². The van der Waals surface area contributed by atoms with E-state index in [0.29, 0.717) is 0 Å². The number of hydrogen-bond acceptors (Lipinski definition) is 1. The molecule has 1 aliphatic rings. The van der Waals surface area contributed by atoms with Crippen LogP contribution in [0.5, 0.6) is 0 Å². The third kappa shape index (κ3) is 2.98. The zero-order valence-electron chi connectivity index (χ0n) is 20.2. The molecular formula is C34H23N3. The normalized spacial score (nSPS) is 12.2. The zero-order chi connectivity index (χ0) is 24.3. The minimum Gasteiger partial charge on any atom is -0.309 e. The maximum Gasteiger partial charge on any atom is 0.145 e. The number of hydrogen-bond donors (Lipinski definition) is 0. The third-order valence-corrected chi connectivity index (χ3v) is 7.58. The number of nitrogens with zero attached hydrogens (tertiary/aromatic N) is 3. The fourth-order valence-electron chi connectivity index (χ4n) is 5.95. The Kier molecular flexibility index (Phi) is 4.29. The van der Waals surface area contributed by atoms with Gasteiger partial charge >= 0.3 is 0 Å². The Morgan fingerprint density at radius 3 is 2.08 bits per heavy atom. The molecule has 3 heteroatoms. The highest BCUT2D eigenvalue weighted by Gasteiger charge is 2.26. The molecule has 174 valence electrons. The van der Waals surface area contributed by atoms with Crippen LogP contribution in [0, 0.1) is 0 Å². The number of fused-ring (bicyclic) bond motifs is 6. The molecule has 37 heavy (non-hydrogen) atoms. The van der Waals surface area contributed by atoms with Crippen molar-refractivity contribution in [2.75, 3.05) is 0 Å². The third-order valence-electron chi connectivity index (χ3n) is 7.58. The van der Waals surface area contributed by atoms with Gasteiger partial charge in [-0.05, 0) is 65.7 Å². The van der Waals surface area contributed by atoms with E-state index >= 15 is 0 Å². The predicted octanol–water partition coefficient (Wildman–Crippen LogP) is 8.21. The maximum absolute atomic E-state index is 5.05. The first-order valence-corrected chi connectivity index (χ1v) is 12.7. The first-order valence-electron chi connectivity index (χ1n) is 12.7. The first-order chi connectivity index (χ1) is 18.4. The summed E-state index contributed by atoms with van der Waals surface area (Å²) in [5.41, 5.74) is 12.2. The molecule has 0 radical (unpaired) electrons. The molecule has 0 amide bonds. The number of benzene rings is 5. The Labute approximate surface area is 214 Å². The van der Waals surface area contributed by atoms with E-state index in [4.69, 9.17) is 4.98 Å². The predicted molar refractivity (Wildman–Crippen MR) is 152 cm³/mol. The molecule has 0 atom stereocenters. The van der Waals surface area contributed by atoms with Crippen molar-refractivity contribution in [2.24, 2.45) is 0 Å². The molecule has 1 aliphatic carbocycles. The molecule has 0 spiro atoms. The molecule has 0 saturated carbocycles. The minimum atomic E-state index is 0.951. The Morgan fingerprint density at radius 2 is 1.22 bits per heavy atom. The molecule has 2 aromatic heterocycles. The van der Waals surface area contributed by atoms with Gasteiger partial charge in [-0.15, -0.1) is 0 Å². The van der Waals surface area contributed by atoms with E-state index in [-0.39, 0.29) is 0 Å². The lowest BCUT2D eigenvalue weighted by molar-refractivity contribution is 1.10. The molecule has 3 nitrogen and oxygen atoms in total. The molecule has 0 bridgehead atoms. The second kappa shape index (κ2) is 7.81. The summed E-state index contributed by atoms with van der Waals surface area (Å²) < 4.78 is 4.68. The first kappa shape index (κ1) is 20.3. The van der Waals surface area contributed by atoms with Crippen LogP contribution < -0.4 is 0 Å². The average Bonchev–Trinajstić information content (AvgIpc) is 3.63. The van der Waals surface area contributed by atoms with Crippen LogP contribution >= 0.6 is 0 Å². The molecule has 0 aliphatic heterocycles.